The van der Waals surface area contributed by atoms with E-state index in [4.69, 9.17) is 0 Å². The molecule has 0 unspecified atom stereocenters. The van der Waals surface area contributed by atoms with Gasteiger partial charge < -0.3 is 19.3 Å². The maximum absolute atomic E-state index is 9.46. The number of hydrogen-bond donors (Lipinski definition) is 2. The van der Waals surface area contributed by atoms with Crippen LogP contribution in [0.5, 0.6) is 0 Å². The third-order valence-electron chi connectivity index (χ3n) is 5.65. The number of aliphatic hydroxyl groups is 2. The number of hydrogen-bond acceptors (Lipinski definition) is 4. The lowest BCUT2D eigenvalue weighted by Gasteiger charge is -2.12. The van der Waals surface area contributed by atoms with Crippen LogP contribution in [0.15, 0.2) is 67.6 Å². The highest BCUT2D eigenvalue weighted by Gasteiger charge is 2.08. The quantitative estimate of drug-likeness (QED) is 0.329. The second kappa shape index (κ2) is 13.6. The van der Waals surface area contributed by atoms with Gasteiger partial charge in [0.2, 0.25) is 0 Å². The lowest BCUT2D eigenvalue weighted by Crippen LogP contribution is -2.00. The van der Waals surface area contributed by atoms with Gasteiger partial charge in [0.25, 0.3) is 0 Å². The average molecular weight is 479 g/mol. The van der Waals surface area contributed by atoms with E-state index in [-0.39, 0.29) is 28.1 Å². The van der Waals surface area contributed by atoms with Crippen LogP contribution >= 0.6 is 0 Å². The Bertz CT molecular complexity index is 1160. The molecular formula is C29H42N4O2. The van der Waals surface area contributed by atoms with Gasteiger partial charge in [-0.2, -0.15) is 0 Å². The Kier molecular flexibility index (Phi) is 11.6. The van der Waals surface area contributed by atoms with Gasteiger partial charge >= 0.3 is 0 Å². The molecule has 190 valence electrons. The molecule has 4 aromatic rings. The zero-order valence-electron chi connectivity index (χ0n) is 20.1. The summed E-state index contributed by atoms with van der Waals surface area (Å²) in [5, 5.41) is 18.8. The molecule has 0 bridgehead atoms. The molecule has 0 fully saturated rings. The van der Waals surface area contributed by atoms with Crippen LogP contribution < -0.4 is 0 Å². The minimum atomic E-state index is 0. The molecule has 2 heterocycles. The predicted octanol–water partition coefficient (Wildman–Crippen LogP) is 6.56. The van der Waals surface area contributed by atoms with E-state index in [2.05, 4.69) is 61.9 Å². The van der Waals surface area contributed by atoms with Crippen LogP contribution in [0.1, 0.15) is 82.3 Å². The van der Waals surface area contributed by atoms with Crippen molar-refractivity contribution in [3.63, 3.8) is 0 Å². The van der Waals surface area contributed by atoms with E-state index < -0.39 is 0 Å². The monoisotopic (exact) mass is 478 g/mol. The van der Waals surface area contributed by atoms with Gasteiger partial charge in [-0.15, -0.1) is 0 Å². The molecule has 0 atom stereocenters. The fraction of sp³-hybridized carbons (Fsp3) is 0.379. The standard InChI is InChI=1S/C14H18N2O.C13H16N2O.2CH4/c1-10(2)12-4-5-14(13(6-12)8-17)16-7-11(3)15-9-16;1-10(2)11-3-4-13(12(7-11)8-16)15-6-5-14-9-15;;/h4-7,9-10,17H,8H2,1-3H3;3-7,9-10,16H,8H2,1-2H3;2*1H4. The van der Waals surface area contributed by atoms with Gasteiger partial charge in [0, 0.05) is 29.7 Å². The smallest absolute Gasteiger partial charge is 0.0995 e. The van der Waals surface area contributed by atoms with Crippen molar-refractivity contribution in [2.45, 2.75) is 74.5 Å². The second-order valence-electron chi connectivity index (χ2n) is 8.79. The molecule has 0 aliphatic carbocycles. The Balaban J connectivity index is 0.000000332. The summed E-state index contributed by atoms with van der Waals surface area (Å²) in [4.78, 5) is 8.22. The van der Waals surface area contributed by atoms with E-state index in [9.17, 15) is 10.2 Å². The molecular weight excluding hydrogens is 436 g/mol. The molecule has 6 heteroatoms. The van der Waals surface area contributed by atoms with Crippen molar-refractivity contribution in [3.05, 3.63) is 95.6 Å². The van der Waals surface area contributed by atoms with Crippen LogP contribution in [0, 0.1) is 6.92 Å². The fourth-order valence-electron chi connectivity index (χ4n) is 3.64. The van der Waals surface area contributed by atoms with Gasteiger partial charge in [0.15, 0.2) is 0 Å². The average Bonchev–Trinajstić information content (AvgIpc) is 3.50. The third-order valence-corrected chi connectivity index (χ3v) is 5.65. The Morgan fingerprint density at radius 2 is 1.29 bits per heavy atom. The maximum Gasteiger partial charge on any atom is 0.0995 e. The normalized spacial score (nSPS) is 10.4. The minimum Gasteiger partial charge on any atom is -0.392 e. The maximum atomic E-state index is 9.46. The Labute approximate surface area is 211 Å². The van der Waals surface area contributed by atoms with Gasteiger partial charge in [-0.1, -0.05) is 66.8 Å². The number of rotatable bonds is 6. The highest BCUT2D eigenvalue weighted by atomic mass is 16.3. The molecule has 2 aromatic carbocycles. The van der Waals surface area contributed by atoms with E-state index >= 15 is 0 Å². The zero-order valence-corrected chi connectivity index (χ0v) is 20.1. The lowest BCUT2D eigenvalue weighted by molar-refractivity contribution is 0.281. The van der Waals surface area contributed by atoms with E-state index in [0.29, 0.717) is 11.8 Å². The third kappa shape index (κ3) is 7.38. The summed E-state index contributed by atoms with van der Waals surface area (Å²) in [5.74, 6) is 0.945. The molecule has 0 radical (unpaired) electrons. The van der Waals surface area contributed by atoms with Crippen LogP contribution in [0.2, 0.25) is 0 Å². The SMILES string of the molecule is C.C.CC(C)c1ccc(-n2ccnc2)c(CO)c1.Cc1cn(-c2ccc(C(C)C)cc2CO)cn1. The van der Waals surface area contributed by atoms with Crippen molar-refractivity contribution in [3.8, 4) is 11.4 Å². The molecule has 0 amide bonds. The lowest BCUT2D eigenvalue weighted by atomic mass is 10.00. The number of aromatic nitrogens is 4. The van der Waals surface area contributed by atoms with E-state index in [1.807, 2.05) is 40.6 Å². The number of imidazole rings is 2. The molecule has 35 heavy (non-hydrogen) atoms. The summed E-state index contributed by atoms with van der Waals surface area (Å²) in [5.41, 5.74) is 7.32. The first-order chi connectivity index (χ1) is 15.8. The largest absolute Gasteiger partial charge is 0.392 e. The highest BCUT2D eigenvalue weighted by Crippen LogP contribution is 2.23. The van der Waals surface area contributed by atoms with Gasteiger partial charge in [0.1, 0.15) is 0 Å². The Morgan fingerprint density at radius 1 is 0.771 bits per heavy atom. The van der Waals surface area contributed by atoms with Crippen molar-refractivity contribution in [2.75, 3.05) is 0 Å². The first-order valence-corrected chi connectivity index (χ1v) is 11.3. The summed E-state index contributed by atoms with van der Waals surface area (Å²) < 4.78 is 3.86. The van der Waals surface area contributed by atoms with Crippen LogP contribution in [-0.2, 0) is 13.2 Å². The Hall–Kier alpha value is -3.22. The molecule has 6 nitrogen and oxygen atoms in total. The first kappa shape index (κ1) is 29.8. The highest BCUT2D eigenvalue weighted by molar-refractivity contribution is 5.45. The minimum absolute atomic E-state index is 0. The zero-order chi connectivity index (χ0) is 24.0. The van der Waals surface area contributed by atoms with Crippen molar-refractivity contribution < 1.29 is 10.2 Å². The van der Waals surface area contributed by atoms with Crippen molar-refractivity contribution in [1.82, 2.24) is 19.1 Å². The molecule has 0 saturated carbocycles. The van der Waals surface area contributed by atoms with Crippen LogP contribution in [0.25, 0.3) is 11.4 Å². The number of aryl methyl sites for hydroxylation is 1. The van der Waals surface area contributed by atoms with Crippen molar-refractivity contribution >= 4 is 0 Å². The van der Waals surface area contributed by atoms with Crippen molar-refractivity contribution in [1.29, 1.82) is 0 Å². The second-order valence-corrected chi connectivity index (χ2v) is 8.79. The van der Waals surface area contributed by atoms with E-state index in [1.54, 1.807) is 18.9 Å². The topological polar surface area (TPSA) is 76.1 Å². The molecule has 0 aliphatic rings. The van der Waals surface area contributed by atoms with Gasteiger partial charge in [-0.05, 0) is 42.0 Å². The molecule has 4 rings (SSSR count). The number of aliphatic hydroxyl groups excluding tert-OH is 2. The van der Waals surface area contributed by atoms with Gasteiger partial charge in [-0.25, -0.2) is 9.97 Å². The van der Waals surface area contributed by atoms with E-state index in [0.717, 1.165) is 28.2 Å². The van der Waals surface area contributed by atoms with Gasteiger partial charge in [0.05, 0.1) is 42.9 Å². The summed E-state index contributed by atoms with van der Waals surface area (Å²) in [6, 6.07) is 12.4. The summed E-state index contributed by atoms with van der Waals surface area (Å²) in [7, 11) is 0. The molecule has 0 saturated heterocycles. The molecule has 0 spiro atoms. The predicted molar refractivity (Wildman–Crippen MR) is 145 cm³/mol. The number of benzene rings is 2. The first-order valence-electron chi connectivity index (χ1n) is 11.3. The summed E-state index contributed by atoms with van der Waals surface area (Å²) in [6.45, 7) is 10.6. The molecule has 0 aliphatic heterocycles. The number of nitrogens with zero attached hydrogens (tertiary/aromatic N) is 4. The fourth-order valence-corrected chi connectivity index (χ4v) is 3.64. The molecule has 2 N–H and O–H groups in total. The van der Waals surface area contributed by atoms with Crippen molar-refractivity contribution in [2.24, 2.45) is 0 Å². The van der Waals surface area contributed by atoms with Crippen LogP contribution in [-0.4, -0.2) is 29.3 Å². The van der Waals surface area contributed by atoms with Crippen LogP contribution in [0.3, 0.4) is 0 Å². The van der Waals surface area contributed by atoms with Gasteiger partial charge in [-0.3, -0.25) is 0 Å². The Morgan fingerprint density at radius 3 is 1.66 bits per heavy atom. The summed E-state index contributed by atoms with van der Waals surface area (Å²) >= 11 is 0. The van der Waals surface area contributed by atoms with E-state index in [1.165, 1.54) is 11.1 Å². The molecule has 2 aromatic heterocycles. The van der Waals surface area contributed by atoms with Crippen LogP contribution in [0.4, 0.5) is 0 Å². The summed E-state index contributed by atoms with van der Waals surface area (Å²) in [6.07, 6.45) is 9.09.